The number of carbonyl (C=O) groups excluding carboxylic acids is 1. The van der Waals surface area contributed by atoms with Crippen molar-refractivity contribution >= 4 is 5.91 Å². The molecule has 0 aliphatic carbocycles. The largest absolute Gasteiger partial charge is 0.494 e. The third kappa shape index (κ3) is 5.02. The van der Waals surface area contributed by atoms with E-state index in [1.807, 2.05) is 37.3 Å². The van der Waals surface area contributed by atoms with Crippen molar-refractivity contribution in [3.8, 4) is 5.75 Å². The van der Waals surface area contributed by atoms with Crippen molar-refractivity contribution in [3.63, 3.8) is 0 Å². The van der Waals surface area contributed by atoms with Gasteiger partial charge in [0.05, 0.1) is 25.4 Å². The van der Waals surface area contributed by atoms with Crippen molar-refractivity contribution < 1.29 is 19.4 Å². The first kappa shape index (κ1) is 15.8. The van der Waals surface area contributed by atoms with Gasteiger partial charge in [0.25, 0.3) is 0 Å². The minimum absolute atomic E-state index is 0.0274. The van der Waals surface area contributed by atoms with E-state index in [1.165, 1.54) is 0 Å². The fourth-order valence-corrected chi connectivity index (χ4v) is 2.44. The summed E-state index contributed by atoms with van der Waals surface area (Å²) in [5.41, 5.74) is 0. The Morgan fingerprint density at radius 1 is 1.38 bits per heavy atom. The number of morpholine rings is 1. The molecule has 0 aromatic heterocycles. The molecule has 1 aliphatic heterocycles. The highest BCUT2D eigenvalue weighted by molar-refractivity contribution is 5.76. The minimum atomic E-state index is -0.265. The highest BCUT2D eigenvalue weighted by atomic mass is 16.5. The Kier molecular flexibility index (Phi) is 6.02. The van der Waals surface area contributed by atoms with E-state index in [0.29, 0.717) is 32.5 Å². The summed E-state index contributed by atoms with van der Waals surface area (Å²) in [6.07, 6.45) is 0.847. The molecular weight excluding hydrogens is 270 g/mol. The van der Waals surface area contributed by atoms with Gasteiger partial charge in [-0.3, -0.25) is 4.79 Å². The monoisotopic (exact) mass is 293 g/mol. The summed E-state index contributed by atoms with van der Waals surface area (Å²) >= 11 is 0. The van der Waals surface area contributed by atoms with Crippen LogP contribution in [0.5, 0.6) is 5.75 Å². The fourth-order valence-electron chi connectivity index (χ4n) is 2.44. The predicted octanol–water partition coefficient (Wildman–Crippen LogP) is 1.45. The Morgan fingerprint density at radius 2 is 2.14 bits per heavy atom. The number of carbonyl (C=O) groups is 1. The number of benzene rings is 1. The van der Waals surface area contributed by atoms with E-state index in [4.69, 9.17) is 14.6 Å². The molecule has 2 unspecified atom stereocenters. The molecular formula is C16H23NO4. The molecule has 2 rings (SSSR count). The van der Waals surface area contributed by atoms with Gasteiger partial charge < -0.3 is 19.5 Å². The SMILES string of the molecule is CC1CN(C(=O)CCCOc2ccccc2)CC(CO)O1. The molecule has 1 N–H and O–H groups in total. The maximum atomic E-state index is 12.1. The second-order valence-electron chi connectivity index (χ2n) is 5.32. The highest BCUT2D eigenvalue weighted by Crippen LogP contribution is 2.13. The summed E-state index contributed by atoms with van der Waals surface area (Å²) in [6.45, 7) is 3.46. The molecule has 2 atom stereocenters. The standard InChI is InChI=1S/C16H23NO4/c1-13-10-17(11-15(12-18)21-13)16(19)8-5-9-20-14-6-3-2-4-7-14/h2-4,6-7,13,15,18H,5,8-12H2,1H3. The lowest BCUT2D eigenvalue weighted by molar-refractivity contribution is -0.147. The summed E-state index contributed by atoms with van der Waals surface area (Å²) in [4.78, 5) is 13.9. The molecule has 0 spiro atoms. The Balaban J connectivity index is 1.69. The van der Waals surface area contributed by atoms with Crippen LogP contribution in [-0.2, 0) is 9.53 Å². The molecule has 1 saturated heterocycles. The first-order chi connectivity index (χ1) is 10.2. The van der Waals surface area contributed by atoms with Gasteiger partial charge in [0.1, 0.15) is 5.75 Å². The van der Waals surface area contributed by atoms with Gasteiger partial charge in [-0.2, -0.15) is 0 Å². The second kappa shape index (κ2) is 8.00. The zero-order valence-electron chi connectivity index (χ0n) is 12.4. The van der Waals surface area contributed by atoms with Crippen molar-refractivity contribution in [3.05, 3.63) is 30.3 Å². The third-order valence-corrected chi connectivity index (χ3v) is 3.43. The van der Waals surface area contributed by atoms with Crippen molar-refractivity contribution in [1.29, 1.82) is 0 Å². The van der Waals surface area contributed by atoms with Crippen LogP contribution in [0.1, 0.15) is 19.8 Å². The molecule has 1 aromatic rings. The van der Waals surface area contributed by atoms with Gasteiger partial charge in [-0.1, -0.05) is 18.2 Å². The number of aliphatic hydroxyl groups is 1. The molecule has 0 saturated carbocycles. The smallest absolute Gasteiger partial charge is 0.222 e. The topological polar surface area (TPSA) is 59.0 Å². The van der Waals surface area contributed by atoms with Crippen LogP contribution < -0.4 is 4.74 Å². The molecule has 21 heavy (non-hydrogen) atoms. The average Bonchev–Trinajstić information content (AvgIpc) is 2.51. The van der Waals surface area contributed by atoms with Crippen molar-refractivity contribution in [1.82, 2.24) is 4.90 Å². The lowest BCUT2D eigenvalue weighted by Gasteiger charge is -2.36. The summed E-state index contributed by atoms with van der Waals surface area (Å²) in [6, 6.07) is 9.58. The number of aliphatic hydroxyl groups excluding tert-OH is 1. The number of nitrogens with zero attached hydrogens (tertiary/aromatic N) is 1. The van der Waals surface area contributed by atoms with E-state index in [0.717, 1.165) is 5.75 Å². The lowest BCUT2D eigenvalue weighted by atomic mass is 10.2. The van der Waals surface area contributed by atoms with Crippen molar-refractivity contribution in [2.45, 2.75) is 32.0 Å². The van der Waals surface area contributed by atoms with E-state index in [9.17, 15) is 4.79 Å². The Bertz CT molecular complexity index is 437. The van der Waals surface area contributed by atoms with Crippen LogP contribution in [0.2, 0.25) is 0 Å². The van der Waals surface area contributed by atoms with Gasteiger partial charge in [0.15, 0.2) is 0 Å². The van der Waals surface area contributed by atoms with Crippen LogP contribution >= 0.6 is 0 Å². The Hall–Kier alpha value is -1.59. The van der Waals surface area contributed by atoms with E-state index >= 15 is 0 Å². The predicted molar refractivity (Wildman–Crippen MR) is 79.2 cm³/mol. The van der Waals surface area contributed by atoms with Crippen LogP contribution in [0.4, 0.5) is 0 Å². The lowest BCUT2D eigenvalue weighted by Crippen LogP contribution is -2.50. The number of para-hydroxylation sites is 1. The van der Waals surface area contributed by atoms with Gasteiger partial charge in [-0.15, -0.1) is 0 Å². The first-order valence-corrected chi connectivity index (χ1v) is 7.41. The van der Waals surface area contributed by atoms with Gasteiger partial charge in [-0.25, -0.2) is 0 Å². The number of hydrogen-bond donors (Lipinski definition) is 1. The number of rotatable bonds is 6. The van der Waals surface area contributed by atoms with Crippen molar-refractivity contribution in [2.24, 2.45) is 0 Å². The summed E-state index contributed by atoms with van der Waals surface area (Å²) < 4.78 is 11.1. The quantitative estimate of drug-likeness (QED) is 0.807. The van der Waals surface area contributed by atoms with Crippen molar-refractivity contribution in [2.75, 3.05) is 26.3 Å². The molecule has 5 heteroatoms. The molecule has 1 aliphatic rings. The first-order valence-electron chi connectivity index (χ1n) is 7.41. The van der Waals surface area contributed by atoms with Crippen LogP contribution in [-0.4, -0.2) is 54.4 Å². The van der Waals surface area contributed by atoms with E-state index in [2.05, 4.69) is 0 Å². The maximum absolute atomic E-state index is 12.1. The normalized spacial score (nSPS) is 22.1. The van der Waals surface area contributed by atoms with E-state index in [1.54, 1.807) is 4.90 Å². The molecule has 0 radical (unpaired) electrons. The zero-order valence-corrected chi connectivity index (χ0v) is 12.4. The molecule has 1 amide bonds. The zero-order chi connectivity index (χ0) is 15.1. The third-order valence-electron chi connectivity index (χ3n) is 3.43. The number of ether oxygens (including phenoxy) is 2. The number of amides is 1. The van der Waals surface area contributed by atoms with E-state index < -0.39 is 0 Å². The van der Waals surface area contributed by atoms with E-state index in [-0.39, 0.29) is 24.7 Å². The molecule has 1 aromatic carbocycles. The minimum Gasteiger partial charge on any atom is -0.494 e. The van der Waals surface area contributed by atoms with Crippen LogP contribution in [0.15, 0.2) is 30.3 Å². The van der Waals surface area contributed by atoms with Gasteiger partial charge in [0, 0.05) is 19.5 Å². The highest BCUT2D eigenvalue weighted by Gasteiger charge is 2.27. The Morgan fingerprint density at radius 3 is 2.86 bits per heavy atom. The molecule has 1 fully saturated rings. The van der Waals surface area contributed by atoms with Crippen LogP contribution in [0.3, 0.4) is 0 Å². The van der Waals surface area contributed by atoms with Crippen LogP contribution in [0, 0.1) is 0 Å². The maximum Gasteiger partial charge on any atom is 0.222 e. The van der Waals surface area contributed by atoms with Crippen LogP contribution in [0.25, 0.3) is 0 Å². The van der Waals surface area contributed by atoms with Gasteiger partial charge in [-0.05, 0) is 25.5 Å². The van der Waals surface area contributed by atoms with Gasteiger partial charge >= 0.3 is 0 Å². The molecule has 1 heterocycles. The Labute approximate surface area is 125 Å². The fraction of sp³-hybridized carbons (Fsp3) is 0.562. The molecule has 116 valence electrons. The van der Waals surface area contributed by atoms with Gasteiger partial charge in [0.2, 0.25) is 5.91 Å². The average molecular weight is 293 g/mol. The summed E-state index contributed by atoms with van der Waals surface area (Å²) in [7, 11) is 0. The second-order valence-corrected chi connectivity index (χ2v) is 5.32. The summed E-state index contributed by atoms with van der Waals surface area (Å²) in [5.74, 6) is 0.922. The summed E-state index contributed by atoms with van der Waals surface area (Å²) in [5, 5.41) is 9.17. The molecule has 0 bridgehead atoms. The molecule has 5 nitrogen and oxygen atoms in total. The number of hydrogen-bond acceptors (Lipinski definition) is 4.